The molecule has 3 fully saturated rings. The number of alkyl halides is 1. The summed E-state index contributed by atoms with van der Waals surface area (Å²) in [5, 5.41) is 0.600. The van der Waals surface area contributed by atoms with Gasteiger partial charge in [0.15, 0.2) is 0 Å². The predicted octanol–water partition coefficient (Wildman–Crippen LogP) is 4.09. The van der Waals surface area contributed by atoms with Crippen LogP contribution in [0.3, 0.4) is 0 Å². The second-order valence-corrected chi connectivity index (χ2v) is 7.25. The molecule has 0 N–H and O–H groups in total. The molecule has 0 heterocycles. The second-order valence-electron chi connectivity index (χ2n) is 4.56. The summed E-state index contributed by atoms with van der Waals surface area (Å²) in [4.78, 5) is 0. The molecule has 3 saturated carbocycles. The van der Waals surface area contributed by atoms with Crippen molar-refractivity contribution < 1.29 is 4.39 Å². The quantitative estimate of drug-likeness (QED) is 0.540. The lowest BCUT2D eigenvalue weighted by Crippen LogP contribution is -2.66. The highest BCUT2D eigenvalue weighted by atomic mass is 127. The van der Waals surface area contributed by atoms with Crippen LogP contribution >= 0.6 is 34.2 Å². The van der Waals surface area contributed by atoms with Gasteiger partial charge in [-0.15, -0.1) is 0 Å². The molecule has 3 heteroatoms. The minimum atomic E-state index is -0.129. The third kappa shape index (κ3) is 1.04. The van der Waals surface area contributed by atoms with E-state index in [1.54, 1.807) is 12.1 Å². The molecule has 2 bridgehead atoms. The first-order valence-corrected chi connectivity index (χ1v) is 6.14. The van der Waals surface area contributed by atoms with Crippen LogP contribution in [0.15, 0.2) is 18.2 Å². The standard InChI is InChI=1S/C11H9ClFI/c12-7-2-1-3-8(13)9(7)10-4-11(14,5-10)6-10/h1-3H,4-6H2. The van der Waals surface area contributed by atoms with E-state index in [9.17, 15) is 4.39 Å². The van der Waals surface area contributed by atoms with E-state index in [2.05, 4.69) is 22.6 Å². The number of hydrogen-bond donors (Lipinski definition) is 0. The smallest absolute Gasteiger partial charge is 0.128 e. The van der Waals surface area contributed by atoms with E-state index >= 15 is 0 Å². The van der Waals surface area contributed by atoms with Crippen molar-refractivity contribution in [3.8, 4) is 0 Å². The van der Waals surface area contributed by atoms with Crippen LogP contribution in [-0.4, -0.2) is 3.42 Å². The Kier molecular flexibility index (Phi) is 1.77. The first-order valence-electron chi connectivity index (χ1n) is 4.68. The van der Waals surface area contributed by atoms with Gasteiger partial charge >= 0.3 is 0 Å². The Labute approximate surface area is 101 Å². The zero-order valence-corrected chi connectivity index (χ0v) is 10.4. The van der Waals surface area contributed by atoms with Crippen molar-refractivity contribution in [2.75, 3.05) is 0 Å². The highest BCUT2D eigenvalue weighted by Gasteiger charge is 2.68. The average Bonchev–Trinajstić information content (AvgIpc) is 1.98. The Balaban J connectivity index is 2.06. The highest BCUT2D eigenvalue weighted by Crippen LogP contribution is 2.73. The normalized spacial score (nSPS) is 38.8. The maximum atomic E-state index is 13.6. The lowest BCUT2D eigenvalue weighted by molar-refractivity contribution is 0.0189. The molecule has 3 aliphatic carbocycles. The zero-order valence-electron chi connectivity index (χ0n) is 7.49. The fourth-order valence-corrected chi connectivity index (χ4v) is 5.49. The van der Waals surface area contributed by atoms with Crippen LogP contribution in [0.5, 0.6) is 0 Å². The Morgan fingerprint density at radius 3 is 2.43 bits per heavy atom. The molecule has 0 radical (unpaired) electrons. The van der Waals surface area contributed by atoms with Gasteiger partial charge in [0.2, 0.25) is 0 Å². The summed E-state index contributed by atoms with van der Waals surface area (Å²) >= 11 is 8.54. The molecule has 0 spiro atoms. The van der Waals surface area contributed by atoms with Crippen molar-refractivity contribution in [3.05, 3.63) is 34.6 Å². The van der Waals surface area contributed by atoms with Crippen LogP contribution in [-0.2, 0) is 5.41 Å². The highest BCUT2D eigenvalue weighted by molar-refractivity contribution is 14.1. The molecular formula is C11H9ClFI. The number of benzene rings is 1. The molecule has 0 aliphatic heterocycles. The second kappa shape index (κ2) is 2.64. The van der Waals surface area contributed by atoms with Crippen molar-refractivity contribution in [1.29, 1.82) is 0 Å². The maximum Gasteiger partial charge on any atom is 0.128 e. The summed E-state index contributed by atoms with van der Waals surface area (Å²) in [6.45, 7) is 0. The van der Waals surface area contributed by atoms with E-state index in [0.29, 0.717) is 8.44 Å². The van der Waals surface area contributed by atoms with Gasteiger partial charge in [-0.25, -0.2) is 4.39 Å². The van der Waals surface area contributed by atoms with E-state index in [-0.39, 0.29) is 11.2 Å². The van der Waals surface area contributed by atoms with E-state index in [1.807, 2.05) is 0 Å². The van der Waals surface area contributed by atoms with Crippen molar-refractivity contribution >= 4 is 34.2 Å². The Morgan fingerprint density at radius 2 is 1.93 bits per heavy atom. The summed E-state index contributed by atoms with van der Waals surface area (Å²) in [6, 6.07) is 4.98. The van der Waals surface area contributed by atoms with Gasteiger partial charge in [-0.05, 0) is 31.4 Å². The van der Waals surface area contributed by atoms with Crippen molar-refractivity contribution in [2.45, 2.75) is 28.1 Å². The Hall–Kier alpha value is 0.170. The molecule has 0 amide bonds. The summed E-state index contributed by atoms with van der Waals surface area (Å²) in [6.07, 6.45) is 3.30. The molecule has 0 nitrogen and oxygen atoms in total. The van der Waals surface area contributed by atoms with E-state index in [1.165, 1.54) is 6.07 Å². The average molecular weight is 323 g/mol. The zero-order chi connectivity index (χ0) is 9.97. The molecule has 1 aromatic rings. The van der Waals surface area contributed by atoms with Gasteiger partial charge in [-0.1, -0.05) is 40.3 Å². The summed E-state index contributed by atoms with van der Waals surface area (Å²) in [5.41, 5.74) is 0.851. The molecule has 0 aromatic heterocycles. The predicted molar refractivity (Wildman–Crippen MR) is 63.7 cm³/mol. The first kappa shape index (κ1) is 9.40. The van der Waals surface area contributed by atoms with Gasteiger partial charge in [0.25, 0.3) is 0 Å². The molecule has 14 heavy (non-hydrogen) atoms. The van der Waals surface area contributed by atoms with Crippen LogP contribution in [0.2, 0.25) is 5.02 Å². The largest absolute Gasteiger partial charge is 0.207 e. The molecule has 1 aromatic carbocycles. The van der Waals surface area contributed by atoms with Gasteiger partial charge in [-0.3, -0.25) is 0 Å². The SMILES string of the molecule is Fc1cccc(Cl)c1C12CC(I)(C1)C2. The summed E-state index contributed by atoms with van der Waals surface area (Å²) < 4.78 is 14.1. The lowest BCUT2D eigenvalue weighted by atomic mass is 9.42. The number of rotatable bonds is 1. The van der Waals surface area contributed by atoms with Crippen LogP contribution < -0.4 is 0 Å². The number of hydrogen-bond acceptors (Lipinski definition) is 0. The third-order valence-electron chi connectivity index (χ3n) is 3.46. The summed E-state index contributed by atoms with van der Waals surface area (Å²) in [7, 11) is 0. The van der Waals surface area contributed by atoms with Gasteiger partial charge in [0.1, 0.15) is 5.82 Å². The van der Waals surface area contributed by atoms with Crippen LogP contribution in [0.4, 0.5) is 4.39 Å². The van der Waals surface area contributed by atoms with Crippen LogP contribution in [0.1, 0.15) is 24.8 Å². The van der Waals surface area contributed by atoms with E-state index in [0.717, 1.165) is 24.8 Å². The van der Waals surface area contributed by atoms with Crippen LogP contribution in [0.25, 0.3) is 0 Å². The Morgan fingerprint density at radius 1 is 1.29 bits per heavy atom. The van der Waals surface area contributed by atoms with Gasteiger partial charge < -0.3 is 0 Å². The lowest BCUT2D eigenvalue weighted by Gasteiger charge is -2.68. The van der Waals surface area contributed by atoms with Crippen LogP contribution in [0, 0.1) is 5.82 Å². The van der Waals surface area contributed by atoms with Crippen molar-refractivity contribution in [3.63, 3.8) is 0 Å². The van der Waals surface area contributed by atoms with E-state index < -0.39 is 0 Å². The maximum absolute atomic E-state index is 13.6. The molecule has 0 saturated heterocycles. The molecule has 74 valence electrons. The fraction of sp³-hybridized carbons (Fsp3) is 0.455. The van der Waals surface area contributed by atoms with Crippen molar-refractivity contribution in [1.82, 2.24) is 0 Å². The van der Waals surface area contributed by atoms with Crippen molar-refractivity contribution in [2.24, 2.45) is 0 Å². The molecule has 4 rings (SSSR count). The minimum Gasteiger partial charge on any atom is -0.207 e. The fourth-order valence-electron chi connectivity index (χ4n) is 2.93. The van der Waals surface area contributed by atoms with E-state index in [4.69, 9.17) is 11.6 Å². The molecule has 0 unspecified atom stereocenters. The topological polar surface area (TPSA) is 0 Å². The number of halogens is 3. The van der Waals surface area contributed by atoms with Gasteiger partial charge in [0, 0.05) is 19.4 Å². The third-order valence-corrected chi connectivity index (χ3v) is 4.92. The molecule has 3 aliphatic rings. The van der Waals surface area contributed by atoms with Gasteiger partial charge in [-0.2, -0.15) is 0 Å². The Bertz CT molecular complexity index is 376. The van der Waals surface area contributed by atoms with Gasteiger partial charge in [0.05, 0.1) is 0 Å². The first-order chi connectivity index (χ1) is 6.55. The minimum absolute atomic E-state index is 0.0869. The summed E-state index contributed by atoms with van der Waals surface area (Å²) in [5.74, 6) is -0.129. The molecular weight excluding hydrogens is 313 g/mol. The molecule has 0 atom stereocenters. The monoisotopic (exact) mass is 322 g/mol.